The number of anilines is 1. The molecule has 1 aromatic carbocycles. The van der Waals surface area contributed by atoms with Gasteiger partial charge in [-0.15, -0.1) is 0 Å². The van der Waals surface area contributed by atoms with Crippen molar-refractivity contribution in [2.24, 2.45) is 14.1 Å². The average Bonchev–Trinajstić information content (AvgIpc) is 2.62. The SMILES string of the molecule is CN(C[C@@H]1COc2ccccc2O1)c1c(C#N)c(=O)n(C)c(=O)n1C. The molecule has 1 atom stereocenters. The van der Waals surface area contributed by atoms with Crippen LogP contribution in [0.1, 0.15) is 5.56 Å². The van der Waals surface area contributed by atoms with Gasteiger partial charge < -0.3 is 14.4 Å². The lowest BCUT2D eigenvalue weighted by molar-refractivity contribution is 0.0958. The van der Waals surface area contributed by atoms with Crippen LogP contribution < -0.4 is 25.6 Å². The van der Waals surface area contributed by atoms with Crippen LogP contribution in [0.2, 0.25) is 0 Å². The number of para-hydroxylation sites is 2. The van der Waals surface area contributed by atoms with Crippen LogP contribution in [0.15, 0.2) is 33.9 Å². The van der Waals surface area contributed by atoms with E-state index in [1.165, 1.54) is 18.7 Å². The number of hydrogen-bond acceptors (Lipinski definition) is 6. The molecule has 0 amide bonds. The molecule has 0 saturated heterocycles. The summed E-state index contributed by atoms with van der Waals surface area (Å²) >= 11 is 0. The fourth-order valence-corrected chi connectivity index (χ4v) is 2.92. The van der Waals surface area contributed by atoms with Crippen molar-refractivity contribution in [2.45, 2.75) is 6.10 Å². The maximum atomic E-state index is 12.2. The Morgan fingerprint density at radius 1 is 1.24 bits per heavy atom. The molecule has 0 aliphatic carbocycles. The van der Waals surface area contributed by atoms with Crippen molar-refractivity contribution in [3.05, 3.63) is 50.7 Å². The molecule has 1 aliphatic heterocycles. The van der Waals surface area contributed by atoms with Crippen LogP contribution in [0, 0.1) is 11.3 Å². The van der Waals surface area contributed by atoms with Crippen LogP contribution in [0.4, 0.5) is 5.82 Å². The molecule has 8 nitrogen and oxygen atoms in total. The first-order valence-electron chi connectivity index (χ1n) is 7.73. The van der Waals surface area contributed by atoms with Crippen LogP contribution in [0.3, 0.4) is 0 Å². The van der Waals surface area contributed by atoms with Crippen molar-refractivity contribution < 1.29 is 9.47 Å². The number of rotatable bonds is 3. The first-order valence-corrected chi connectivity index (χ1v) is 7.73. The second kappa shape index (κ2) is 6.36. The molecular formula is C17H18N4O4. The summed E-state index contributed by atoms with van der Waals surface area (Å²) in [6.07, 6.45) is -0.300. The van der Waals surface area contributed by atoms with Crippen molar-refractivity contribution >= 4 is 5.82 Å². The lowest BCUT2D eigenvalue weighted by atomic mass is 10.2. The van der Waals surface area contributed by atoms with Gasteiger partial charge in [-0.1, -0.05) is 12.1 Å². The summed E-state index contributed by atoms with van der Waals surface area (Å²) in [5.74, 6) is 1.59. The van der Waals surface area contributed by atoms with Crippen LogP contribution >= 0.6 is 0 Å². The Kier molecular flexibility index (Phi) is 4.23. The van der Waals surface area contributed by atoms with E-state index in [4.69, 9.17) is 9.47 Å². The van der Waals surface area contributed by atoms with Gasteiger partial charge in [0.15, 0.2) is 23.2 Å². The third kappa shape index (κ3) is 2.85. The summed E-state index contributed by atoms with van der Waals surface area (Å²) in [6.45, 7) is 0.686. The third-order valence-electron chi connectivity index (χ3n) is 4.15. The fourth-order valence-electron chi connectivity index (χ4n) is 2.92. The lowest BCUT2D eigenvalue weighted by Crippen LogP contribution is -2.45. The molecule has 0 unspecified atom stereocenters. The monoisotopic (exact) mass is 342 g/mol. The molecule has 0 spiro atoms. The predicted octanol–water partition coefficient (Wildman–Crippen LogP) is 0.232. The van der Waals surface area contributed by atoms with Crippen LogP contribution in [0.25, 0.3) is 0 Å². The van der Waals surface area contributed by atoms with Crippen molar-refractivity contribution in [3.8, 4) is 17.6 Å². The predicted molar refractivity (Wildman–Crippen MR) is 91.3 cm³/mol. The van der Waals surface area contributed by atoms with E-state index in [9.17, 15) is 14.9 Å². The molecule has 0 N–H and O–H groups in total. The van der Waals surface area contributed by atoms with Crippen molar-refractivity contribution in [1.29, 1.82) is 5.26 Å². The normalized spacial score (nSPS) is 15.5. The van der Waals surface area contributed by atoms with Gasteiger partial charge in [0.25, 0.3) is 5.56 Å². The zero-order valence-electron chi connectivity index (χ0n) is 14.2. The van der Waals surface area contributed by atoms with Crippen LogP contribution in [0.5, 0.6) is 11.5 Å². The number of nitrogens with zero attached hydrogens (tertiary/aromatic N) is 4. The van der Waals surface area contributed by atoms with Crippen molar-refractivity contribution in [1.82, 2.24) is 9.13 Å². The largest absolute Gasteiger partial charge is 0.486 e. The van der Waals surface area contributed by atoms with E-state index in [2.05, 4.69) is 0 Å². The molecule has 2 aromatic rings. The average molecular weight is 342 g/mol. The Balaban J connectivity index is 1.91. The van der Waals surface area contributed by atoms with Gasteiger partial charge in [0.05, 0.1) is 6.54 Å². The van der Waals surface area contributed by atoms with E-state index >= 15 is 0 Å². The summed E-state index contributed by atoms with van der Waals surface area (Å²) in [7, 11) is 4.59. The summed E-state index contributed by atoms with van der Waals surface area (Å²) in [6, 6.07) is 9.26. The number of nitriles is 1. The molecule has 1 aromatic heterocycles. The maximum Gasteiger partial charge on any atom is 0.332 e. The molecule has 0 bridgehead atoms. The summed E-state index contributed by atoms with van der Waals surface area (Å²) in [5, 5.41) is 9.36. The van der Waals surface area contributed by atoms with E-state index in [0.717, 1.165) is 4.57 Å². The zero-order valence-corrected chi connectivity index (χ0v) is 14.2. The van der Waals surface area contributed by atoms with Crippen molar-refractivity contribution in [2.75, 3.05) is 25.1 Å². The molecule has 8 heteroatoms. The third-order valence-corrected chi connectivity index (χ3v) is 4.15. The molecular weight excluding hydrogens is 324 g/mol. The molecule has 1 aliphatic rings. The van der Waals surface area contributed by atoms with E-state index in [1.807, 2.05) is 30.3 Å². The van der Waals surface area contributed by atoms with Gasteiger partial charge in [0.1, 0.15) is 18.5 Å². The Morgan fingerprint density at radius 2 is 1.92 bits per heavy atom. The van der Waals surface area contributed by atoms with E-state index < -0.39 is 11.2 Å². The summed E-state index contributed by atoms with van der Waals surface area (Å²) < 4.78 is 13.8. The molecule has 130 valence electrons. The summed E-state index contributed by atoms with van der Waals surface area (Å²) in [5.41, 5.74) is -1.18. The minimum atomic E-state index is -0.612. The highest BCUT2D eigenvalue weighted by atomic mass is 16.6. The van der Waals surface area contributed by atoms with Gasteiger partial charge in [-0.3, -0.25) is 13.9 Å². The van der Waals surface area contributed by atoms with Gasteiger partial charge >= 0.3 is 5.69 Å². The number of aromatic nitrogens is 2. The zero-order chi connectivity index (χ0) is 18.1. The Hall–Kier alpha value is -3.21. The molecule has 0 saturated carbocycles. The quantitative estimate of drug-likeness (QED) is 0.793. The standard InChI is InChI=1S/C17H18N4O4/c1-19(9-11-10-24-13-6-4-5-7-14(13)25-11)15-12(8-18)16(22)21(3)17(23)20(15)2/h4-7,11H,9-10H2,1-3H3/t11-/m1/s1. The lowest BCUT2D eigenvalue weighted by Gasteiger charge is -2.31. The highest BCUT2D eigenvalue weighted by molar-refractivity contribution is 5.53. The Bertz CT molecular complexity index is 970. The number of fused-ring (bicyclic) bond motifs is 1. The molecule has 0 fully saturated rings. The molecule has 2 heterocycles. The first-order chi connectivity index (χ1) is 11.9. The summed E-state index contributed by atoms with van der Waals surface area (Å²) in [4.78, 5) is 26.0. The molecule has 25 heavy (non-hydrogen) atoms. The fraction of sp³-hybridized carbons (Fsp3) is 0.353. The van der Waals surface area contributed by atoms with E-state index in [-0.39, 0.29) is 17.5 Å². The smallest absolute Gasteiger partial charge is 0.332 e. The maximum absolute atomic E-state index is 12.2. The number of benzene rings is 1. The number of ether oxygens (including phenoxy) is 2. The van der Waals surface area contributed by atoms with Gasteiger partial charge in [0.2, 0.25) is 0 Å². The Labute approximate surface area is 144 Å². The van der Waals surface area contributed by atoms with Crippen molar-refractivity contribution in [3.63, 3.8) is 0 Å². The number of hydrogen-bond donors (Lipinski definition) is 0. The highest BCUT2D eigenvalue weighted by Crippen LogP contribution is 2.31. The van der Waals surface area contributed by atoms with Gasteiger partial charge in [0, 0.05) is 21.1 Å². The van der Waals surface area contributed by atoms with Crippen LogP contribution in [-0.4, -0.2) is 35.4 Å². The topological polar surface area (TPSA) is 89.5 Å². The molecule has 0 radical (unpaired) electrons. The minimum absolute atomic E-state index is 0.0794. The van der Waals surface area contributed by atoms with Gasteiger partial charge in [-0.05, 0) is 12.1 Å². The second-order valence-corrected chi connectivity index (χ2v) is 5.89. The van der Waals surface area contributed by atoms with E-state index in [0.29, 0.717) is 24.7 Å². The molecule has 3 rings (SSSR count). The van der Waals surface area contributed by atoms with E-state index in [1.54, 1.807) is 11.9 Å². The first kappa shape index (κ1) is 16.6. The van der Waals surface area contributed by atoms with Gasteiger partial charge in [-0.2, -0.15) is 5.26 Å². The number of likely N-dealkylation sites (N-methyl/N-ethyl adjacent to an activating group) is 1. The van der Waals surface area contributed by atoms with Gasteiger partial charge in [-0.25, -0.2) is 4.79 Å². The second-order valence-electron chi connectivity index (χ2n) is 5.89. The Morgan fingerprint density at radius 3 is 2.60 bits per heavy atom. The minimum Gasteiger partial charge on any atom is -0.486 e. The highest BCUT2D eigenvalue weighted by Gasteiger charge is 2.25. The van der Waals surface area contributed by atoms with Crippen LogP contribution in [-0.2, 0) is 14.1 Å².